The molecular formula is C38H49N5O2. The molecule has 2 saturated heterocycles. The number of esters is 1. The molecule has 2 aromatic carbocycles. The smallest absolute Gasteiger partial charge is 0.305 e. The first-order chi connectivity index (χ1) is 21.9. The lowest BCUT2D eigenvalue weighted by Crippen LogP contribution is -2.55. The van der Waals surface area contributed by atoms with Crippen LogP contribution in [0.2, 0.25) is 0 Å². The highest BCUT2D eigenvalue weighted by atomic mass is 16.5. The monoisotopic (exact) mass is 607 g/mol. The van der Waals surface area contributed by atoms with Crippen molar-refractivity contribution >= 4 is 11.7 Å². The third-order valence-corrected chi connectivity index (χ3v) is 10.8. The molecule has 0 unspecified atom stereocenters. The SMILES string of the molecule is CCC(=O)O[C@H]1CCC[C@@H]1[C@](Cn1ccnc1C(C)C)(c1ccccc1)C1CCN(CC2CN(c3ccc(C#N)cc3)C2)CC1. The van der Waals surface area contributed by atoms with Crippen LogP contribution in [-0.4, -0.2) is 59.2 Å². The number of benzene rings is 2. The van der Waals surface area contributed by atoms with Crippen LogP contribution in [0.5, 0.6) is 0 Å². The van der Waals surface area contributed by atoms with E-state index in [1.807, 2.05) is 25.3 Å². The van der Waals surface area contributed by atoms with Crippen LogP contribution < -0.4 is 4.90 Å². The van der Waals surface area contributed by atoms with Gasteiger partial charge in [-0.15, -0.1) is 0 Å². The van der Waals surface area contributed by atoms with Gasteiger partial charge in [0.15, 0.2) is 0 Å². The van der Waals surface area contributed by atoms with Crippen LogP contribution >= 0.6 is 0 Å². The predicted molar refractivity (Wildman–Crippen MR) is 178 cm³/mol. The number of carbonyl (C=O) groups excluding carboxylic acids is 1. The van der Waals surface area contributed by atoms with Crippen molar-refractivity contribution in [1.29, 1.82) is 5.26 Å². The van der Waals surface area contributed by atoms with Crippen molar-refractivity contribution in [2.75, 3.05) is 37.6 Å². The summed E-state index contributed by atoms with van der Waals surface area (Å²) in [6.45, 7) is 12.7. The van der Waals surface area contributed by atoms with Crippen molar-refractivity contribution in [1.82, 2.24) is 14.5 Å². The standard InChI is InChI=1S/C38H49N5O2/c1-4-36(44)45-35-12-8-11-34(35)38(31-9-6-5-7-10-31,27-42-22-19-40-37(42)28(2)3)32-17-20-41(21-18-32)24-30-25-43(26-30)33-15-13-29(23-39)14-16-33/h5-7,9-10,13-16,19,22,28,30,32,34-35H,4,8,11-12,17-18,20-21,24-27H2,1-3H3/t34-,35-,38+/m0/s1. The summed E-state index contributed by atoms with van der Waals surface area (Å²) in [6, 6.07) is 21.4. The van der Waals surface area contributed by atoms with E-state index in [-0.39, 0.29) is 23.4 Å². The number of hydrogen-bond donors (Lipinski definition) is 0. The fraction of sp³-hybridized carbons (Fsp3) is 0.553. The van der Waals surface area contributed by atoms with Crippen LogP contribution in [0, 0.1) is 29.1 Å². The Morgan fingerprint density at radius 1 is 1.04 bits per heavy atom. The quantitative estimate of drug-likeness (QED) is 0.224. The van der Waals surface area contributed by atoms with Crippen LogP contribution in [0.4, 0.5) is 5.69 Å². The van der Waals surface area contributed by atoms with Gasteiger partial charge in [0.05, 0.1) is 11.6 Å². The molecule has 3 aromatic rings. The molecule has 3 fully saturated rings. The number of hydrogen-bond acceptors (Lipinski definition) is 6. The molecule has 238 valence electrons. The van der Waals surface area contributed by atoms with Crippen molar-refractivity contribution in [2.24, 2.45) is 17.8 Å². The third kappa shape index (κ3) is 6.53. The molecule has 0 N–H and O–H groups in total. The van der Waals surface area contributed by atoms with Gasteiger partial charge in [0.1, 0.15) is 11.9 Å². The maximum atomic E-state index is 12.7. The summed E-state index contributed by atoms with van der Waals surface area (Å²) >= 11 is 0. The predicted octanol–water partition coefficient (Wildman–Crippen LogP) is 6.79. The van der Waals surface area contributed by atoms with Crippen molar-refractivity contribution in [3.8, 4) is 6.07 Å². The Morgan fingerprint density at radius 3 is 2.44 bits per heavy atom. The number of carbonyl (C=O) groups is 1. The molecule has 1 aliphatic carbocycles. The van der Waals surface area contributed by atoms with E-state index in [2.05, 4.69) is 82.9 Å². The van der Waals surface area contributed by atoms with Gasteiger partial charge >= 0.3 is 5.97 Å². The fourth-order valence-electron chi connectivity index (χ4n) is 8.62. The van der Waals surface area contributed by atoms with Crippen LogP contribution in [0.1, 0.15) is 82.2 Å². The molecule has 7 heteroatoms. The number of likely N-dealkylation sites (tertiary alicyclic amines) is 1. The summed E-state index contributed by atoms with van der Waals surface area (Å²) in [6.07, 6.45) is 9.88. The number of piperidine rings is 1. The van der Waals surface area contributed by atoms with Crippen LogP contribution in [0.3, 0.4) is 0 Å². The number of nitrogens with zero attached hydrogens (tertiary/aromatic N) is 5. The van der Waals surface area contributed by atoms with Crippen molar-refractivity contribution in [3.63, 3.8) is 0 Å². The first-order valence-corrected chi connectivity index (χ1v) is 17.1. The van der Waals surface area contributed by atoms with Gasteiger partial charge in [0.25, 0.3) is 0 Å². The molecule has 3 aliphatic rings. The van der Waals surface area contributed by atoms with E-state index in [4.69, 9.17) is 15.0 Å². The molecule has 1 saturated carbocycles. The first-order valence-electron chi connectivity index (χ1n) is 17.1. The number of aromatic nitrogens is 2. The average Bonchev–Trinajstić information content (AvgIpc) is 3.72. The number of rotatable bonds is 11. The van der Waals surface area contributed by atoms with Gasteiger partial charge in [-0.25, -0.2) is 4.98 Å². The highest BCUT2D eigenvalue weighted by molar-refractivity contribution is 5.69. The molecule has 0 radical (unpaired) electrons. The molecule has 2 aliphatic heterocycles. The lowest BCUT2D eigenvalue weighted by Gasteiger charge is -2.51. The number of anilines is 1. The van der Waals surface area contributed by atoms with Gasteiger partial charge in [-0.1, -0.05) is 51.1 Å². The Morgan fingerprint density at radius 2 is 1.78 bits per heavy atom. The minimum atomic E-state index is -0.157. The molecule has 3 atom stereocenters. The Kier molecular flexibility index (Phi) is 9.61. The van der Waals surface area contributed by atoms with E-state index >= 15 is 0 Å². The number of imidazole rings is 1. The summed E-state index contributed by atoms with van der Waals surface area (Å²) in [5.74, 6) is 2.79. The maximum Gasteiger partial charge on any atom is 0.305 e. The highest BCUT2D eigenvalue weighted by Crippen LogP contribution is 2.52. The van der Waals surface area contributed by atoms with Crippen LogP contribution in [-0.2, 0) is 21.5 Å². The van der Waals surface area contributed by atoms with Gasteiger partial charge in [-0.05, 0) is 80.9 Å². The van der Waals surface area contributed by atoms with E-state index in [0.29, 0.717) is 29.7 Å². The molecule has 0 spiro atoms. The van der Waals surface area contributed by atoms with E-state index < -0.39 is 0 Å². The fourth-order valence-corrected chi connectivity index (χ4v) is 8.62. The Hall–Kier alpha value is -3.63. The normalized spacial score (nSPS) is 22.6. The minimum absolute atomic E-state index is 0.0510. The summed E-state index contributed by atoms with van der Waals surface area (Å²) in [5.41, 5.74) is 3.15. The van der Waals surface area contributed by atoms with E-state index in [1.165, 1.54) is 11.3 Å². The topological polar surface area (TPSA) is 74.4 Å². The lowest BCUT2D eigenvalue weighted by atomic mass is 9.58. The van der Waals surface area contributed by atoms with Crippen molar-refractivity contribution < 1.29 is 9.53 Å². The molecule has 1 aromatic heterocycles. The van der Waals surface area contributed by atoms with E-state index in [1.54, 1.807) is 0 Å². The van der Waals surface area contributed by atoms with Gasteiger partial charge in [0, 0.05) is 73.8 Å². The number of ether oxygens (including phenoxy) is 1. The maximum absolute atomic E-state index is 12.7. The summed E-state index contributed by atoms with van der Waals surface area (Å²) < 4.78 is 8.66. The van der Waals surface area contributed by atoms with Gasteiger partial charge in [0.2, 0.25) is 0 Å². The molecule has 3 heterocycles. The summed E-state index contributed by atoms with van der Waals surface area (Å²) in [5, 5.41) is 9.12. The second-order valence-corrected chi connectivity index (χ2v) is 13.9. The van der Waals surface area contributed by atoms with E-state index in [0.717, 1.165) is 77.2 Å². The van der Waals surface area contributed by atoms with Crippen LogP contribution in [0.25, 0.3) is 0 Å². The largest absolute Gasteiger partial charge is 0.462 e. The molecule has 0 amide bonds. The highest BCUT2D eigenvalue weighted by Gasteiger charge is 2.53. The zero-order valence-electron chi connectivity index (χ0n) is 27.3. The third-order valence-electron chi connectivity index (χ3n) is 10.8. The average molecular weight is 608 g/mol. The second kappa shape index (κ2) is 13.8. The van der Waals surface area contributed by atoms with Crippen molar-refractivity contribution in [2.45, 2.75) is 83.3 Å². The second-order valence-electron chi connectivity index (χ2n) is 13.9. The Balaban J connectivity index is 1.23. The summed E-state index contributed by atoms with van der Waals surface area (Å²) in [7, 11) is 0. The van der Waals surface area contributed by atoms with Gasteiger partial charge in [-0.2, -0.15) is 5.26 Å². The van der Waals surface area contributed by atoms with Gasteiger partial charge < -0.3 is 19.1 Å². The lowest BCUT2D eigenvalue weighted by molar-refractivity contribution is -0.152. The molecular weight excluding hydrogens is 558 g/mol. The molecule has 6 rings (SSSR count). The van der Waals surface area contributed by atoms with Crippen LogP contribution in [0.15, 0.2) is 67.0 Å². The Bertz CT molecular complexity index is 1450. The summed E-state index contributed by atoms with van der Waals surface area (Å²) in [4.78, 5) is 22.6. The number of nitriles is 1. The van der Waals surface area contributed by atoms with Gasteiger partial charge in [-0.3, -0.25) is 4.79 Å². The zero-order chi connectivity index (χ0) is 31.4. The van der Waals surface area contributed by atoms with Crippen molar-refractivity contribution in [3.05, 3.63) is 83.9 Å². The van der Waals surface area contributed by atoms with E-state index in [9.17, 15) is 4.79 Å². The molecule has 45 heavy (non-hydrogen) atoms. The first kappa shape index (κ1) is 31.4. The molecule has 7 nitrogen and oxygen atoms in total. The Labute approximate surface area is 269 Å². The minimum Gasteiger partial charge on any atom is -0.462 e. The zero-order valence-corrected chi connectivity index (χ0v) is 27.3. The molecule has 0 bridgehead atoms.